The maximum absolute atomic E-state index is 14.3. The lowest BCUT2D eigenvalue weighted by Gasteiger charge is -2.35. The summed E-state index contributed by atoms with van der Waals surface area (Å²) in [5.74, 6) is -3.70. The summed E-state index contributed by atoms with van der Waals surface area (Å²) < 4.78 is 32.1. The van der Waals surface area contributed by atoms with Crippen molar-refractivity contribution in [1.29, 1.82) is 0 Å². The number of carboxylic acid groups (broad SMARTS) is 1. The number of carbonyl (C=O) groups excluding carboxylic acids is 1. The normalized spacial score (nSPS) is 14.9. The van der Waals surface area contributed by atoms with Crippen molar-refractivity contribution >= 4 is 19.5 Å². The number of aliphatic carboxylic acids is 1. The molecule has 4 rings (SSSR count). The topological polar surface area (TPSA) is 99.1 Å². The van der Waals surface area contributed by atoms with Gasteiger partial charge in [-0.05, 0) is 88.1 Å². The molecule has 44 heavy (non-hydrogen) atoms. The fourth-order valence-corrected chi connectivity index (χ4v) is 8.81. The van der Waals surface area contributed by atoms with Crippen molar-refractivity contribution in [3.63, 3.8) is 0 Å². The minimum Gasteiger partial charge on any atom is -0.481 e. The van der Waals surface area contributed by atoms with Gasteiger partial charge in [0.15, 0.2) is 0 Å². The van der Waals surface area contributed by atoms with Crippen molar-refractivity contribution in [2.75, 3.05) is 12.8 Å². The Bertz CT molecular complexity index is 1420. The molecule has 0 saturated carbocycles. The van der Waals surface area contributed by atoms with Crippen molar-refractivity contribution in [1.82, 2.24) is 0 Å². The second-order valence-corrected chi connectivity index (χ2v) is 15.5. The molecule has 0 fully saturated rings. The van der Waals surface area contributed by atoms with Crippen LogP contribution >= 0.6 is 7.60 Å². The monoisotopic (exact) mass is 620 g/mol. The van der Waals surface area contributed by atoms with E-state index in [-0.39, 0.29) is 25.1 Å². The molecule has 8 heteroatoms. The largest absolute Gasteiger partial charge is 0.481 e. The van der Waals surface area contributed by atoms with E-state index in [9.17, 15) is 19.3 Å². The molecule has 2 atom stereocenters. The first-order chi connectivity index (χ1) is 20.6. The molecule has 0 unspecified atom stereocenters. The molecule has 0 aromatic heterocycles. The van der Waals surface area contributed by atoms with Crippen molar-refractivity contribution in [2.24, 2.45) is 11.8 Å². The minimum absolute atomic E-state index is 0.104. The number of esters is 1. The Balaban J connectivity index is 1.55. The summed E-state index contributed by atoms with van der Waals surface area (Å²) >= 11 is 0. The molecule has 1 aliphatic rings. The minimum atomic E-state index is -3.80. The Morgan fingerprint density at radius 3 is 1.80 bits per heavy atom. The Hall–Kier alpha value is -3.25. The van der Waals surface area contributed by atoms with Crippen LogP contribution in [-0.2, 0) is 34.4 Å². The quantitative estimate of drug-likeness (QED) is 0.151. The molecule has 0 saturated heterocycles. The average Bonchev–Trinajstić information content (AvgIpc) is 3.25. The lowest BCUT2D eigenvalue weighted by molar-refractivity contribution is -0.153. The van der Waals surface area contributed by atoms with Crippen LogP contribution in [0.2, 0.25) is 0 Å². The molecule has 1 N–H and O–H groups in total. The van der Waals surface area contributed by atoms with E-state index in [0.717, 1.165) is 27.8 Å². The molecule has 3 aromatic carbocycles. The second kappa shape index (κ2) is 13.8. The maximum Gasteiger partial charge on any atom is 0.331 e. The van der Waals surface area contributed by atoms with Crippen LogP contribution in [0.3, 0.4) is 0 Å². The number of carboxylic acids is 1. The van der Waals surface area contributed by atoms with Gasteiger partial charge in [-0.3, -0.25) is 14.2 Å². The number of benzene rings is 3. The molecule has 0 amide bonds. The highest BCUT2D eigenvalue weighted by atomic mass is 31.2. The SMILES string of the molecule is CC(C)(C)OP(=O)(C[C@H](CCc1ccccc1)[C@H](CC(=O)OCC1c2ccccc2-c2ccccc21)C(=O)O)OC(C)(C)C. The fraction of sp³-hybridized carbons (Fsp3) is 0.444. The van der Waals surface area contributed by atoms with E-state index in [2.05, 4.69) is 12.1 Å². The summed E-state index contributed by atoms with van der Waals surface area (Å²) in [5.41, 5.74) is 3.82. The summed E-state index contributed by atoms with van der Waals surface area (Å²) in [5, 5.41) is 10.4. The standard InChI is InChI=1S/C36H45O7P/c1-35(2,3)42-44(40,43-36(4,5)6)24-26(21-20-25-14-8-7-9-15-25)31(34(38)39)22-33(37)41-23-32-29-18-12-10-16-27(29)28-17-11-13-19-30(28)32/h7-19,26,31-32H,20-24H2,1-6H3,(H,38,39)/t26-,31-/m0/s1. The van der Waals surface area contributed by atoms with Gasteiger partial charge in [0.1, 0.15) is 6.61 Å². The van der Waals surface area contributed by atoms with E-state index in [4.69, 9.17) is 13.8 Å². The highest BCUT2D eigenvalue weighted by molar-refractivity contribution is 7.53. The Kier molecular flexibility index (Phi) is 10.6. The van der Waals surface area contributed by atoms with Gasteiger partial charge in [0.05, 0.1) is 29.7 Å². The Labute approximate surface area is 261 Å². The number of rotatable bonds is 13. The van der Waals surface area contributed by atoms with Crippen molar-refractivity contribution in [2.45, 2.75) is 77.9 Å². The number of hydrogen-bond acceptors (Lipinski definition) is 6. The Morgan fingerprint density at radius 1 is 0.795 bits per heavy atom. The zero-order valence-electron chi connectivity index (χ0n) is 26.6. The van der Waals surface area contributed by atoms with Gasteiger partial charge in [-0.25, -0.2) is 0 Å². The number of fused-ring (bicyclic) bond motifs is 3. The van der Waals surface area contributed by atoms with Gasteiger partial charge in [-0.1, -0.05) is 78.9 Å². The molecule has 1 aliphatic carbocycles. The van der Waals surface area contributed by atoms with Gasteiger partial charge in [0.2, 0.25) is 0 Å². The van der Waals surface area contributed by atoms with Crippen LogP contribution in [0, 0.1) is 11.8 Å². The number of ether oxygens (including phenoxy) is 1. The van der Waals surface area contributed by atoms with Gasteiger partial charge in [-0.2, -0.15) is 0 Å². The highest BCUT2D eigenvalue weighted by Crippen LogP contribution is 2.57. The predicted octanol–water partition coefficient (Wildman–Crippen LogP) is 8.51. The third-order valence-electron chi connectivity index (χ3n) is 7.58. The van der Waals surface area contributed by atoms with Crippen LogP contribution in [0.15, 0.2) is 78.9 Å². The number of hydrogen-bond donors (Lipinski definition) is 1. The molecule has 0 bridgehead atoms. The lowest BCUT2D eigenvalue weighted by atomic mass is 9.86. The molecule has 0 heterocycles. The van der Waals surface area contributed by atoms with E-state index < -0.39 is 42.6 Å². The van der Waals surface area contributed by atoms with Crippen LogP contribution in [0.25, 0.3) is 11.1 Å². The van der Waals surface area contributed by atoms with E-state index in [1.165, 1.54) is 0 Å². The van der Waals surface area contributed by atoms with Crippen LogP contribution in [-0.4, -0.2) is 41.0 Å². The van der Waals surface area contributed by atoms with Crippen LogP contribution in [0.1, 0.15) is 77.0 Å². The molecule has 3 aromatic rings. The van der Waals surface area contributed by atoms with Crippen molar-refractivity contribution in [3.8, 4) is 11.1 Å². The third-order valence-corrected chi connectivity index (χ3v) is 10.1. The van der Waals surface area contributed by atoms with E-state index in [0.29, 0.717) is 12.8 Å². The van der Waals surface area contributed by atoms with Crippen molar-refractivity contribution < 1.29 is 33.0 Å². The van der Waals surface area contributed by atoms with Crippen LogP contribution < -0.4 is 0 Å². The highest BCUT2D eigenvalue weighted by Gasteiger charge is 2.42. The van der Waals surface area contributed by atoms with Gasteiger partial charge in [-0.15, -0.1) is 0 Å². The van der Waals surface area contributed by atoms with Crippen LogP contribution in [0.5, 0.6) is 0 Å². The zero-order valence-corrected chi connectivity index (χ0v) is 27.5. The molecule has 7 nitrogen and oxygen atoms in total. The van der Waals surface area contributed by atoms with Gasteiger partial charge < -0.3 is 18.9 Å². The van der Waals surface area contributed by atoms with Gasteiger partial charge in [0.25, 0.3) is 0 Å². The molecule has 0 radical (unpaired) electrons. The fourth-order valence-electron chi connectivity index (χ4n) is 5.94. The molecular weight excluding hydrogens is 575 g/mol. The molecular formula is C36H45O7P. The summed E-state index contributed by atoms with van der Waals surface area (Å²) in [6.07, 6.45) is 0.436. The van der Waals surface area contributed by atoms with Gasteiger partial charge in [0, 0.05) is 5.92 Å². The first-order valence-corrected chi connectivity index (χ1v) is 17.0. The summed E-state index contributed by atoms with van der Waals surface area (Å²) in [6, 6.07) is 25.8. The maximum atomic E-state index is 14.3. The summed E-state index contributed by atoms with van der Waals surface area (Å²) in [7, 11) is -3.80. The molecule has 0 spiro atoms. The van der Waals surface area contributed by atoms with Crippen molar-refractivity contribution in [3.05, 3.63) is 95.6 Å². The van der Waals surface area contributed by atoms with E-state index in [1.807, 2.05) is 66.7 Å². The average molecular weight is 621 g/mol. The zero-order chi connectivity index (χ0) is 32.1. The third kappa shape index (κ3) is 9.13. The predicted molar refractivity (Wildman–Crippen MR) is 173 cm³/mol. The number of carbonyl (C=O) groups is 2. The number of aryl methyl sites for hydroxylation is 1. The van der Waals surface area contributed by atoms with Crippen LogP contribution in [0.4, 0.5) is 0 Å². The smallest absolute Gasteiger partial charge is 0.331 e. The van der Waals surface area contributed by atoms with E-state index in [1.54, 1.807) is 41.5 Å². The summed E-state index contributed by atoms with van der Waals surface area (Å²) in [6.45, 7) is 10.8. The molecule has 236 valence electrons. The first kappa shape index (κ1) is 33.6. The van der Waals surface area contributed by atoms with Gasteiger partial charge >= 0.3 is 19.5 Å². The molecule has 0 aliphatic heterocycles. The lowest BCUT2D eigenvalue weighted by Crippen LogP contribution is -2.33. The second-order valence-electron chi connectivity index (χ2n) is 13.5. The Morgan fingerprint density at radius 2 is 1.30 bits per heavy atom. The first-order valence-electron chi connectivity index (χ1n) is 15.3. The summed E-state index contributed by atoms with van der Waals surface area (Å²) in [4.78, 5) is 26.1. The van der Waals surface area contributed by atoms with E-state index >= 15 is 0 Å².